The van der Waals surface area contributed by atoms with Crippen LogP contribution in [0.15, 0.2) is 39.6 Å². The van der Waals surface area contributed by atoms with Crippen LogP contribution in [0.25, 0.3) is 0 Å². The maximum atomic E-state index is 5.18. The number of nitrogens with zero attached hydrogens (tertiary/aromatic N) is 1. The molecule has 0 aliphatic rings. The van der Waals surface area contributed by atoms with Crippen molar-refractivity contribution in [1.29, 1.82) is 0 Å². The molecule has 0 aromatic carbocycles. The van der Waals surface area contributed by atoms with Crippen molar-refractivity contribution in [1.82, 2.24) is 10.3 Å². The van der Waals surface area contributed by atoms with Crippen molar-refractivity contribution in [3.05, 3.63) is 34.8 Å². The first-order chi connectivity index (χ1) is 7.84. The minimum absolute atomic E-state index is 0.457. The number of oxazole rings is 1. The van der Waals surface area contributed by atoms with Crippen molar-refractivity contribution in [2.24, 2.45) is 0 Å². The second-order valence-corrected chi connectivity index (χ2v) is 5.86. The van der Waals surface area contributed by atoms with Gasteiger partial charge < -0.3 is 9.73 Å². The van der Waals surface area contributed by atoms with Gasteiger partial charge in [-0.3, -0.25) is 0 Å². The lowest BCUT2D eigenvalue weighted by molar-refractivity contribution is 0.453. The number of thioether (sulfide) groups is 1. The molecular formula is C11H14N2OS2. The highest BCUT2D eigenvalue weighted by Crippen LogP contribution is 2.20. The Hall–Kier alpha value is -0.780. The summed E-state index contributed by atoms with van der Waals surface area (Å²) in [5.74, 6) is 0. The second-order valence-electron chi connectivity index (χ2n) is 3.44. The second kappa shape index (κ2) is 6.08. The molecule has 3 nitrogen and oxygen atoms in total. The fourth-order valence-electron chi connectivity index (χ4n) is 1.29. The van der Waals surface area contributed by atoms with Crippen molar-refractivity contribution >= 4 is 23.1 Å². The minimum Gasteiger partial charge on any atom is -0.440 e. The highest BCUT2D eigenvalue weighted by Gasteiger charge is 2.07. The smallest absolute Gasteiger partial charge is 0.255 e. The number of rotatable bonds is 6. The van der Waals surface area contributed by atoms with E-state index in [1.54, 1.807) is 35.6 Å². The van der Waals surface area contributed by atoms with Crippen LogP contribution in [0, 0.1) is 0 Å². The van der Waals surface area contributed by atoms with Gasteiger partial charge in [-0.15, -0.1) is 11.3 Å². The molecule has 0 aliphatic carbocycles. The van der Waals surface area contributed by atoms with Crippen molar-refractivity contribution in [2.75, 3.05) is 6.54 Å². The van der Waals surface area contributed by atoms with Crippen LogP contribution >= 0.6 is 23.1 Å². The summed E-state index contributed by atoms with van der Waals surface area (Å²) in [5, 5.41) is 6.72. The molecule has 0 saturated carbocycles. The minimum atomic E-state index is 0.457. The zero-order chi connectivity index (χ0) is 11.2. The fraction of sp³-hybridized carbons (Fsp3) is 0.364. The summed E-state index contributed by atoms with van der Waals surface area (Å²) in [4.78, 5) is 5.45. The molecule has 86 valence electrons. The van der Waals surface area contributed by atoms with E-state index in [2.05, 4.69) is 34.7 Å². The average molecular weight is 254 g/mol. The summed E-state index contributed by atoms with van der Waals surface area (Å²) >= 11 is 3.43. The van der Waals surface area contributed by atoms with Crippen LogP contribution in [0.1, 0.15) is 11.8 Å². The molecule has 0 radical (unpaired) electrons. The van der Waals surface area contributed by atoms with Crippen LogP contribution < -0.4 is 5.32 Å². The van der Waals surface area contributed by atoms with Gasteiger partial charge in [0.25, 0.3) is 5.22 Å². The van der Waals surface area contributed by atoms with Crippen LogP contribution in [0.2, 0.25) is 0 Å². The first-order valence-electron chi connectivity index (χ1n) is 5.14. The zero-order valence-corrected chi connectivity index (χ0v) is 10.7. The number of hydrogen-bond donors (Lipinski definition) is 1. The van der Waals surface area contributed by atoms with E-state index in [9.17, 15) is 0 Å². The number of hydrogen-bond acceptors (Lipinski definition) is 5. The Bertz CT molecular complexity index is 386. The van der Waals surface area contributed by atoms with Gasteiger partial charge in [0.1, 0.15) is 6.26 Å². The molecule has 1 unspecified atom stereocenters. The third kappa shape index (κ3) is 3.66. The number of aromatic nitrogens is 1. The maximum Gasteiger partial charge on any atom is 0.255 e. The molecule has 0 bridgehead atoms. The lowest BCUT2D eigenvalue weighted by Gasteiger charge is -2.09. The summed E-state index contributed by atoms with van der Waals surface area (Å²) in [6, 6.07) is 4.22. The molecule has 5 heteroatoms. The Balaban J connectivity index is 1.66. The normalized spacial score (nSPS) is 12.8. The summed E-state index contributed by atoms with van der Waals surface area (Å²) in [6.07, 6.45) is 3.28. The predicted octanol–water partition coefficient (Wildman–Crippen LogP) is 3.01. The Morgan fingerprint density at radius 2 is 2.56 bits per heavy atom. The fourth-order valence-corrected chi connectivity index (χ4v) is 2.75. The molecule has 1 atom stereocenters. The maximum absolute atomic E-state index is 5.18. The Labute approximate surface area is 103 Å². The third-order valence-corrected chi connectivity index (χ3v) is 3.87. The van der Waals surface area contributed by atoms with Crippen LogP contribution in [0.3, 0.4) is 0 Å². The van der Waals surface area contributed by atoms with Gasteiger partial charge in [0, 0.05) is 23.2 Å². The van der Waals surface area contributed by atoms with Gasteiger partial charge in [0.05, 0.1) is 6.20 Å². The van der Waals surface area contributed by atoms with Crippen LogP contribution in [0.4, 0.5) is 0 Å². The van der Waals surface area contributed by atoms with E-state index >= 15 is 0 Å². The molecule has 0 aliphatic heterocycles. The van der Waals surface area contributed by atoms with Crippen LogP contribution in [0.5, 0.6) is 0 Å². The molecule has 2 aromatic rings. The summed E-state index contributed by atoms with van der Waals surface area (Å²) in [5.41, 5.74) is 0. The van der Waals surface area contributed by atoms with E-state index < -0.39 is 0 Å². The van der Waals surface area contributed by atoms with E-state index in [-0.39, 0.29) is 0 Å². The average Bonchev–Trinajstić information content (AvgIpc) is 2.90. The van der Waals surface area contributed by atoms with Gasteiger partial charge >= 0.3 is 0 Å². The van der Waals surface area contributed by atoms with Gasteiger partial charge in [0.2, 0.25) is 0 Å². The monoisotopic (exact) mass is 254 g/mol. The summed E-state index contributed by atoms with van der Waals surface area (Å²) in [6.45, 7) is 4.05. The predicted molar refractivity (Wildman–Crippen MR) is 67.8 cm³/mol. The summed E-state index contributed by atoms with van der Waals surface area (Å²) < 4.78 is 5.18. The van der Waals surface area contributed by atoms with Crippen molar-refractivity contribution in [3.8, 4) is 0 Å². The topological polar surface area (TPSA) is 38.1 Å². The van der Waals surface area contributed by atoms with Gasteiger partial charge in [-0.1, -0.05) is 24.8 Å². The molecule has 16 heavy (non-hydrogen) atoms. The van der Waals surface area contributed by atoms with E-state index in [0.717, 1.165) is 18.3 Å². The quantitative estimate of drug-likeness (QED) is 0.804. The lowest BCUT2D eigenvalue weighted by Crippen LogP contribution is -2.21. The first kappa shape index (κ1) is 11.7. The first-order valence-corrected chi connectivity index (χ1v) is 6.90. The standard InChI is InChI=1S/C11H14N2OS2/c1-9(16-11-13-4-5-14-11)7-12-8-10-3-2-6-15-10/h2-6,9,12H,7-8H2,1H3. The lowest BCUT2D eigenvalue weighted by atomic mass is 10.4. The van der Waals surface area contributed by atoms with Crippen LogP contribution in [-0.4, -0.2) is 16.8 Å². The van der Waals surface area contributed by atoms with Crippen molar-refractivity contribution in [2.45, 2.75) is 23.9 Å². The van der Waals surface area contributed by atoms with Gasteiger partial charge in [0.15, 0.2) is 0 Å². The molecule has 2 aromatic heterocycles. The number of thiophene rings is 1. The number of nitrogens with one attached hydrogen (secondary N) is 1. The van der Waals surface area contributed by atoms with Crippen molar-refractivity contribution in [3.63, 3.8) is 0 Å². The largest absolute Gasteiger partial charge is 0.440 e. The third-order valence-electron chi connectivity index (χ3n) is 2.02. The zero-order valence-electron chi connectivity index (χ0n) is 9.05. The van der Waals surface area contributed by atoms with E-state index in [4.69, 9.17) is 4.42 Å². The van der Waals surface area contributed by atoms with Crippen molar-refractivity contribution < 1.29 is 4.42 Å². The molecule has 0 spiro atoms. The SMILES string of the molecule is CC(CNCc1cccs1)Sc1ncco1. The molecule has 2 rings (SSSR count). The Morgan fingerprint density at radius 1 is 1.62 bits per heavy atom. The summed E-state index contributed by atoms with van der Waals surface area (Å²) in [7, 11) is 0. The Kier molecular flexibility index (Phi) is 4.44. The van der Waals surface area contributed by atoms with Gasteiger partial charge in [-0.2, -0.15) is 0 Å². The van der Waals surface area contributed by atoms with Gasteiger partial charge in [-0.05, 0) is 11.4 Å². The van der Waals surface area contributed by atoms with E-state index in [1.165, 1.54) is 4.88 Å². The van der Waals surface area contributed by atoms with E-state index in [1.807, 2.05) is 0 Å². The highest BCUT2D eigenvalue weighted by atomic mass is 32.2. The molecule has 0 saturated heterocycles. The molecular weight excluding hydrogens is 240 g/mol. The van der Waals surface area contributed by atoms with Crippen LogP contribution in [-0.2, 0) is 6.54 Å². The van der Waals surface area contributed by atoms with E-state index in [0.29, 0.717) is 5.25 Å². The van der Waals surface area contributed by atoms with Gasteiger partial charge in [-0.25, -0.2) is 4.98 Å². The molecule has 1 N–H and O–H groups in total. The molecule has 0 fully saturated rings. The Morgan fingerprint density at radius 3 is 3.25 bits per heavy atom. The molecule has 0 amide bonds. The molecule has 2 heterocycles. The highest BCUT2D eigenvalue weighted by molar-refractivity contribution is 7.99.